The van der Waals surface area contributed by atoms with Crippen molar-refractivity contribution in [1.82, 2.24) is 4.90 Å². The Morgan fingerprint density at radius 3 is 2.52 bits per heavy atom. The van der Waals surface area contributed by atoms with Gasteiger partial charge in [0.15, 0.2) is 5.78 Å². The SMILES string of the molecule is CCc1oc2ccccc2c1C(=O)CCN1CCN(c2ccccc2OC)CC1. The quantitative estimate of drug-likeness (QED) is 0.558. The van der Waals surface area contributed by atoms with Gasteiger partial charge in [-0.25, -0.2) is 0 Å². The van der Waals surface area contributed by atoms with E-state index in [-0.39, 0.29) is 5.78 Å². The smallest absolute Gasteiger partial charge is 0.168 e. The molecular formula is C24H28N2O3. The van der Waals surface area contributed by atoms with Crippen LogP contribution in [0.3, 0.4) is 0 Å². The standard InChI is InChI=1S/C24H28N2O3/c1-3-21-24(18-8-4-6-10-22(18)29-21)20(27)12-13-25-14-16-26(17-15-25)19-9-5-7-11-23(19)28-2/h4-11H,3,12-17H2,1-2H3. The lowest BCUT2D eigenvalue weighted by molar-refractivity contribution is 0.0962. The summed E-state index contributed by atoms with van der Waals surface area (Å²) in [5.74, 6) is 1.89. The molecule has 0 saturated carbocycles. The minimum Gasteiger partial charge on any atom is -0.495 e. The molecule has 1 aliphatic heterocycles. The van der Waals surface area contributed by atoms with Crippen molar-refractivity contribution in [2.75, 3.05) is 44.7 Å². The zero-order chi connectivity index (χ0) is 20.2. The lowest BCUT2D eigenvalue weighted by Crippen LogP contribution is -2.47. The number of hydrogen-bond acceptors (Lipinski definition) is 5. The van der Waals surface area contributed by atoms with Gasteiger partial charge in [-0.05, 0) is 18.2 Å². The highest BCUT2D eigenvalue weighted by Gasteiger charge is 2.23. The Bertz CT molecular complexity index is 987. The summed E-state index contributed by atoms with van der Waals surface area (Å²) in [6, 6.07) is 16.0. The molecule has 0 unspecified atom stereocenters. The van der Waals surface area contributed by atoms with E-state index in [0.29, 0.717) is 6.42 Å². The third-order valence-electron chi connectivity index (χ3n) is 5.72. The van der Waals surface area contributed by atoms with Gasteiger partial charge in [0.1, 0.15) is 17.1 Å². The van der Waals surface area contributed by atoms with Gasteiger partial charge in [0, 0.05) is 51.0 Å². The Hall–Kier alpha value is -2.79. The molecule has 1 fully saturated rings. The summed E-state index contributed by atoms with van der Waals surface area (Å²) in [7, 11) is 1.71. The first kappa shape index (κ1) is 19.5. The zero-order valence-electron chi connectivity index (χ0n) is 17.2. The number of piperazine rings is 1. The van der Waals surface area contributed by atoms with E-state index in [2.05, 4.69) is 15.9 Å². The lowest BCUT2D eigenvalue weighted by atomic mass is 10.0. The Kier molecular flexibility index (Phi) is 5.86. The lowest BCUT2D eigenvalue weighted by Gasteiger charge is -2.36. The van der Waals surface area contributed by atoms with E-state index in [9.17, 15) is 4.79 Å². The fraction of sp³-hybridized carbons (Fsp3) is 0.375. The summed E-state index contributed by atoms with van der Waals surface area (Å²) in [5, 5.41) is 0.940. The second kappa shape index (κ2) is 8.70. The highest BCUT2D eigenvalue weighted by atomic mass is 16.5. The van der Waals surface area contributed by atoms with Gasteiger partial charge in [-0.1, -0.05) is 37.3 Å². The van der Waals surface area contributed by atoms with E-state index in [4.69, 9.17) is 9.15 Å². The highest BCUT2D eigenvalue weighted by Crippen LogP contribution is 2.29. The van der Waals surface area contributed by atoms with Gasteiger partial charge < -0.3 is 14.1 Å². The maximum absolute atomic E-state index is 13.0. The van der Waals surface area contributed by atoms with Crippen LogP contribution < -0.4 is 9.64 Å². The van der Waals surface area contributed by atoms with E-state index in [1.165, 1.54) is 0 Å². The second-order valence-corrected chi connectivity index (χ2v) is 7.42. The number of carbonyl (C=O) groups is 1. The van der Waals surface area contributed by atoms with E-state index in [1.54, 1.807) is 7.11 Å². The second-order valence-electron chi connectivity index (χ2n) is 7.42. The van der Waals surface area contributed by atoms with Crippen LogP contribution in [0.5, 0.6) is 5.75 Å². The fourth-order valence-electron chi connectivity index (χ4n) is 4.14. The number of para-hydroxylation sites is 3. The van der Waals surface area contributed by atoms with Crippen molar-refractivity contribution in [3.63, 3.8) is 0 Å². The first-order valence-corrected chi connectivity index (χ1v) is 10.3. The normalized spacial score (nSPS) is 15.0. The van der Waals surface area contributed by atoms with Crippen LogP contribution >= 0.6 is 0 Å². The third-order valence-corrected chi connectivity index (χ3v) is 5.72. The van der Waals surface area contributed by atoms with Crippen molar-refractivity contribution in [3.8, 4) is 5.75 Å². The number of nitrogens with zero attached hydrogens (tertiary/aromatic N) is 2. The predicted octanol–water partition coefficient (Wildman–Crippen LogP) is 4.40. The van der Waals surface area contributed by atoms with Crippen LogP contribution in [0, 0.1) is 0 Å². The topological polar surface area (TPSA) is 45.9 Å². The van der Waals surface area contributed by atoms with Gasteiger partial charge in [0.25, 0.3) is 0 Å². The number of anilines is 1. The molecule has 1 aliphatic rings. The van der Waals surface area contributed by atoms with Crippen LogP contribution in [0.2, 0.25) is 0 Å². The zero-order valence-corrected chi connectivity index (χ0v) is 17.2. The van der Waals surface area contributed by atoms with Gasteiger partial charge in [0.2, 0.25) is 0 Å². The van der Waals surface area contributed by atoms with E-state index in [1.807, 2.05) is 49.4 Å². The molecular weight excluding hydrogens is 364 g/mol. The summed E-state index contributed by atoms with van der Waals surface area (Å²) in [4.78, 5) is 17.7. The Morgan fingerprint density at radius 2 is 1.76 bits per heavy atom. The Balaban J connectivity index is 1.37. The molecule has 2 heterocycles. The summed E-state index contributed by atoms with van der Waals surface area (Å²) in [6.45, 7) is 6.57. The largest absolute Gasteiger partial charge is 0.495 e. The number of benzene rings is 2. The van der Waals surface area contributed by atoms with Crippen LogP contribution in [0.4, 0.5) is 5.69 Å². The number of carbonyl (C=O) groups excluding carboxylic acids is 1. The summed E-state index contributed by atoms with van der Waals surface area (Å²) in [5.41, 5.74) is 2.72. The fourth-order valence-corrected chi connectivity index (χ4v) is 4.14. The molecule has 0 aliphatic carbocycles. The summed E-state index contributed by atoms with van der Waals surface area (Å²) < 4.78 is 11.4. The molecule has 152 valence electrons. The number of furan rings is 1. The molecule has 3 aromatic rings. The van der Waals surface area contributed by atoms with Gasteiger partial charge in [0.05, 0.1) is 18.4 Å². The number of fused-ring (bicyclic) bond motifs is 1. The molecule has 2 aromatic carbocycles. The number of rotatable bonds is 7. The third kappa shape index (κ3) is 4.01. The van der Waals surface area contributed by atoms with Crippen molar-refractivity contribution in [1.29, 1.82) is 0 Å². The van der Waals surface area contributed by atoms with Crippen molar-refractivity contribution in [3.05, 3.63) is 59.9 Å². The number of aryl methyl sites for hydroxylation is 1. The number of methoxy groups -OCH3 is 1. The summed E-state index contributed by atoms with van der Waals surface area (Å²) >= 11 is 0. The van der Waals surface area contributed by atoms with E-state index >= 15 is 0 Å². The van der Waals surface area contributed by atoms with Crippen molar-refractivity contribution >= 4 is 22.4 Å². The average molecular weight is 392 g/mol. The van der Waals surface area contributed by atoms with Crippen LogP contribution in [0.15, 0.2) is 52.9 Å². The number of ether oxygens (including phenoxy) is 1. The average Bonchev–Trinajstić information content (AvgIpc) is 3.16. The Morgan fingerprint density at radius 1 is 1.03 bits per heavy atom. The molecule has 1 aromatic heterocycles. The van der Waals surface area contributed by atoms with Crippen LogP contribution in [-0.4, -0.2) is 50.5 Å². The molecule has 5 heteroatoms. The molecule has 0 bridgehead atoms. The van der Waals surface area contributed by atoms with Crippen LogP contribution in [-0.2, 0) is 6.42 Å². The predicted molar refractivity (Wildman–Crippen MR) is 116 cm³/mol. The number of Topliss-reactive ketones (excluding diaryl/α,β-unsaturated/α-hetero) is 1. The van der Waals surface area contributed by atoms with Gasteiger partial charge >= 0.3 is 0 Å². The Labute approximate surface area is 171 Å². The molecule has 5 nitrogen and oxygen atoms in total. The molecule has 0 spiro atoms. The van der Waals surface area contributed by atoms with Gasteiger partial charge in [-0.2, -0.15) is 0 Å². The van der Waals surface area contributed by atoms with E-state index in [0.717, 1.165) is 72.9 Å². The summed E-state index contributed by atoms with van der Waals surface area (Å²) in [6.07, 6.45) is 1.25. The maximum atomic E-state index is 13.0. The molecule has 0 atom stereocenters. The maximum Gasteiger partial charge on any atom is 0.168 e. The van der Waals surface area contributed by atoms with Crippen molar-refractivity contribution < 1.29 is 13.9 Å². The van der Waals surface area contributed by atoms with E-state index < -0.39 is 0 Å². The van der Waals surface area contributed by atoms with Crippen molar-refractivity contribution in [2.45, 2.75) is 19.8 Å². The monoisotopic (exact) mass is 392 g/mol. The first-order chi connectivity index (χ1) is 14.2. The molecule has 29 heavy (non-hydrogen) atoms. The molecule has 0 amide bonds. The van der Waals surface area contributed by atoms with Gasteiger partial charge in [-0.15, -0.1) is 0 Å². The highest BCUT2D eigenvalue weighted by molar-refractivity contribution is 6.08. The number of ketones is 1. The molecule has 0 radical (unpaired) electrons. The van der Waals surface area contributed by atoms with Crippen LogP contribution in [0.1, 0.15) is 29.5 Å². The molecule has 4 rings (SSSR count). The molecule has 1 saturated heterocycles. The van der Waals surface area contributed by atoms with Crippen molar-refractivity contribution in [2.24, 2.45) is 0 Å². The minimum absolute atomic E-state index is 0.180. The first-order valence-electron chi connectivity index (χ1n) is 10.3. The van der Waals surface area contributed by atoms with Crippen LogP contribution in [0.25, 0.3) is 11.0 Å². The minimum atomic E-state index is 0.180. The number of hydrogen-bond donors (Lipinski definition) is 0. The van der Waals surface area contributed by atoms with Gasteiger partial charge in [-0.3, -0.25) is 9.69 Å². The molecule has 0 N–H and O–H groups in total.